The van der Waals surface area contributed by atoms with Crippen molar-refractivity contribution in [1.82, 2.24) is 5.32 Å². The molecule has 4 nitrogen and oxygen atoms in total. The van der Waals surface area contributed by atoms with Gasteiger partial charge < -0.3 is 15.4 Å². The summed E-state index contributed by atoms with van der Waals surface area (Å²) in [6.45, 7) is 5.27. The van der Waals surface area contributed by atoms with E-state index in [-0.39, 0.29) is 5.91 Å². The summed E-state index contributed by atoms with van der Waals surface area (Å²) in [4.78, 5) is 11.9. The average molecular weight is 314 g/mol. The lowest BCUT2D eigenvalue weighted by atomic mass is 9.97. The van der Waals surface area contributed by atoms with Gasteiger partial charge in [-0.2, -0.15) is 0 Å². The molecule has 0 radical (unpaired) electrons. The molecule has 0 aliphatic heterocycles. The predicted molar refractivity (Wildman–Crippen MR) is 94.8 cm³/mol. The van der Waals surface area contributed by atoms with Gasteiger partial charge in [0.2, 0.25) is 5.91 Å². The maximum absolute atomic E-state index is 11.9. The van der Waals surface area contributed by atoms with Crippen LogP contribution in [0.1, 0.15) is 32.1 Å². The fraction of sp³-hybridized carbons (Fsp3) is 0.421. The SMILES string of the molecule is C=CCOc1ccc(NC(=O)CNCCC2=CCCCC2)cc1. The first-order valence-corrected chi connectivity index (χ1v) is 8.30. The second-order valence-electron chi connectivity index (χ2n) is 5.71. The third kappa shape index (κ3) is 6.70. The Morgan fingerprint density at radius 2 is 2.09 bits per heavy atom. The molecule has 0 saturated carbocycles. The van der Waals surface area contributed by atoms with Gasteiger partial charge in [-0.15, -0.1) is 0 Å². The number of benzene rings is 1. The average Bonchev–Trinajstić information content (AvgIpc) is 2.59. The van der Waals surface area contributed by atoms with Gasteiger partial charge in [0, 0.05) is 5.69 Å². The van der Waals surface area contributed by atoms with Crippen LogP contribution in [0.4, 0.5) is 5.69 Å². The Balaban J connectivity index is 1.64. The van der Waals surface area contributed by atoms with Gasteiger partial charge in [-0.25, -0.2) is 0 Å². The maximum Gasteiger partial charge on any atom is 0.238 e. The molecule has 1 aromatic carbocycles. The first kappa shape index (κ1) is 17.3. The summed E-state index contributed by atoms with van der Waals surface area (Å²) in [6, 6.07) is 7.34. The third-order valence-corrected chi connectivity index (χ3v) is 3.80. The van der Waals surface area contributed by atoms with Crippen LogP contribution >= 0.6 is 0 Å². The van der Waals surface area contributed by atoms with E-state index < -0.39 is 0 Å². The normalized spacial score (nSPS) is 14.0. The van der Waals surface area contributed by atoms with Crippen LogP contribution in [0.15, 0.2) is 48.6 Å². The number of amides is 1. The highest BCUT2D eigenvalue weighted by Gasteiger charge is 2.05. The molecule has 1 aliphatic carbocycles. The molecule has 0 fully saturated rings. The van der Waals surface area contributed by atoms with E-state index in [9.17, 15) is 4.79 Å². The summed E-state index contributed by atoms with van der Waals surface area (Å²) in [5, 5.41) is 6.08. The van der Waals surface area contributed by atoms with Crippen LogP contribution in [-0.2, 0) is 4.79 Å². The lowest BCUT2D eigenvalue weighted by molar-refractivity contribution is -0.115. The van der Waals surface area contributed by atoms with E-state index in [2.05, 4.69) is 23.3 Å². The Labute approximate surface area is 138 Å². The van der Waals surface area contributed by atoms with Gasteiger partial charge in [0.25, 0.3) is 0 Å². The van der Waals surface area contributed by atoms with Gasteiger partial charge >= 0.3 is 0 Å². The molecule has 1 amide bonds. The summed E-state index contributed by atoms with van der Waals surface area (Å²) in [5.74, 6) is 0.740. The minimum absolute atomic E-state index is 0.0256. The van der Waals surface area contributed by atoms with Gasteiger partial charge in [0.1, 0.15) is 12.4 Å². The van der Waals surface area contributed by atoms with E-state index in [4.69, 9.17) is 4.74 Å². The standard InChI is InChI=1S/C19H26N2O2/c1-2-14-23-18-10-8-17(9-11-18)21-19(22)15-20-13-12-16-6-4-3-5-7-16/h2,6,8-11,20H,1,3-5,7,12-15H2,(H,21,22). The number of hydrogen-bond donors (Lipinski definition) is 2. The van der Waals surface area contributed by atoms with Crippen molar-refractivity contribution >= 4 is 11.6 Å². The first-order chi connectivity index (χ1) is 11.3. The van der Waals surface area contributed by atoms with Gasteiger partial charge in [0.15, 0.2) is 0 Å². The number of carbonyl (C=O) groups excluding carboxylic acids is 1. The molecule has 1 aliphatic rings. The van der Waals surface area contributed by atoms with E-state index in [1.807, 2.05) is 24.3 Å². The highest BCUT2D eigenvalue weighted by atomic mass is 16.5. The molecule has 1 aromatic rings. The van der Waals surface area contributed by atoms with Crippen molar-refractivity contribution in [2.24, 2.45) is 0 Å². The molecule has 0 atom stereocenters. The van der Waals surface area contributed by atoms with E-state index >= 15 is 0 Å². The summed E-state index contributed by atoms with van der Waals surface area (Å²) < 4.78 is 5.40. The van der Waals surface area contributed by atoms with E-state index in [0.29, 0.717) is 13.2 Å². The van der Waals surface area contributed by atoms with Gasteiger partial charge in [-0.3, -0.25) is 4.79 Å². The van der Waals surface area contributed by atoms with Crippen molar-refractivity contribution < 1.29 is 9.53 Å². The summed E-state index contributed by atoms with van der Waals surface area (Å²) in [6.07, 6.45) is 10.1. The lowest BCUT2D eigenvalue weighted by Crippen LogP contribution is -2.29. The van der Waals surface area contributed by atoms with E-state index in [1.54, 1.807) is 6.08 Å². The summed E-state index contributed by atoms with van der Waals surface area (Å²) >= 11 is 0. The Bertz CT molecular complexity index is 535. The summed E-state index contributed by atoms with van der Waals surface area (Å²) in [7, 11) is 0. The fourth-order valence-corrected chi connectivity index (χ4v) is 2.58. The van der Waals surface area contributed by atoms with E-state index in [1.165, 1.54) is 31.3 Å². The number of ether oxygens (including phenoxy) is 1. The molecule has 0 spiro atoms. The van der Waals surface area contributed by atoms with Crippen LogP contribution in [0, 0.1) is 0 Å². The second-order valence-corrected chi connectivity index (χ2v) is 5.71. The smallest absolute Gasteiger partial charge is 0.238 e. The number of anilines is 1. The van der Waals surface area contributed by atoms with Crippen LogP contribution in [0.5, 0.6) is 5.75 Å². The minimum atomic E-state index is -0.0256. The second kappa shape index (κ2) is 9.85. The lowest BCUT2D eigenvalue weighted by Gasteiger charge is -2.13. The Hall–Kier alpha value is -2.07. The molecule has 0 unspecified atom stereocenters. The number of allylic oxidation sites excluding steroid dienone is 1. The minimum Gasteiger partial charge on any atom is -0.490 e. The van der Waals surface area contributed by atoms with Crippen molar-refractivity contribution in [3.8, 4) is 5.75 Å². The topological polar surface area (TPSA) is 50.4 Å². The number of nitrogens with one attached hydrogen (secondary N) is 2. The molecular formula is C19H26N2O2. The van der Waals surface area contributed by atoms with Crippen LogP contribution in [-0.4, -0.2) is 25.6 Å². The zero-order chi connectivity index (χ0) is 16.3. The largest absolute Gasteiger partial charge is 0.490 e. The Kier molecular flexibility index (Phi) is 7.40. The molecule has 2 N–H and O–H groups in total. The number of rotatable bonds is 9. The molecular weight excluding hydrogens is 288 g/mol. The number of carbonyl (C=O) groups is 1. The van der Waals surface area contributed by atoms with Crippen molar-refractivity contribution in [1.29, 1.82) is 0 Å². The zero-order valence-corrected chi connectivity index (χ0v) is 13.6. The van der Waals surface area contributed by atoms with E-state index in [0.717, 1.165) is 24.4 Å². The van der Waals surface area contributed by atoms with Crippen LogP contribution in [0.3, 0.4) is 0 Å². The quantitative estimate of drug-likeness (QED) is 0.540. The van der Waals surface area contributed by atoms with Gasteiger partial charge in [-0.1, -0.05) is 24.3 Å². The molecule has 0 heterocycles. The van der Waals surface area contributed by atoms with Crippen LogP contribution in [0.2, 0.25) is 0 Å². The molecule has 0 saturated heterocycles. The third-order valence-electron chi connectivity index (χ3n) is 3.80. The molecule has 124 valence electrons. The maximum atomic E-state index is 11.9. The Morgan fingerprint density at radius 1 is 1.26 bits per heavy atom. The molecule has 0 aromatic heterocycles. The van der Waals surface area contributed by atoms with Crippen molar-refractivity contribution in [2.75, 3.05) is 25.0 Å². The monoisotopic (exact) mass is 314 g/mol. The van der Waals surface area contributed by atoms with Crippen molar-refractivity contribution in [3.05, 3.63) is 48.6 Å². The fourth-order valence-electron chi connectivity index (χ4n) is 2.58. The van der Waals surface area contributed by atoms with Crippen LogP contribution < -0.4 is 15.4 Å². The molecule has 2 rings (SSSR count). The van der Waals surface area contributed by atoms with Crippen molar-refractivity contribution in [2.45, 2.75) is 32.1 Å². The van der Waals surface area contributed by atoms with Crippen molar-refractivity contribution in [3.63, 3.8) is 0 Å². The highest BCUT2D eigenvalue weighted by Crippen LogP contribution is 2.19. The Morgan fingerprint density at radius 3 is 2.78 bits per heavy atom. The number of hydrogen-bond acceptors (Lipinski definition) is 3. The van der Waals surface area contributed by atoms with Gasteiger partial charge in [0.05, 0.1) is 6.54 Å². The molecule has 0 bridgehead atoms. The summed E-state index contributed by atoms with van der Waals surface area (Å²) in [5.41, 5.74) is 2.30. The highest BCUT2D eigenvalue weighted by molar-refractivity contribution is 5.92. The molecule has 4 heteroatoms. The molecule has 23 heavy (non-hydrogen) atoms. The zero-order valence-electron chi connectivity index (χ0n) is 13.6. The first-order valence-electron chi connectivity index (χ1n) is 8.30. The van der Waals surface area contributed by atoms with Crippen LogP contribution in [0.25, 0.3) is 0 Å². The van der Waals surface area contributed by atoms with Gasteiger partial charge in [-0.05, 0) is 62.9 Å². The predicted octanol–water partition coefficient (Wildman–Crippen LogP) is 3.67.